The molecule has 4 rings (SSSR count). The smallest absolute Gasteiger partial charge is 0.232 e. The Morgan fingerprint density at radius 1 is 1.04 bits per heavy atom. The van der Waals surface area contributed by atoms with E-state index in [9.17, 15) is 0 Å². The van der Waals surface area contributed by atoms with E-state index in [0.717, 1.165) is 41.6 Å². The molecule has 6 nitrogen and oxygen atoms in total. The second kappa shape index (κ2) is 6.11. The molecule has 0 aromatic carbocycles. The third kappa shape index (κ3) is 2.79. The van der Waals surface area contributed by atoms with Crippen molar-refractivity contribution < 1.29 is 4.74 Å². The summed E-state index contributed by atoms with van der Waals surface area (Å²) >= 11 is 0. The number of imidazole rings is 1. The van der Waals surface area contributed by atoms with Crippen LogP contribution in [0.2, 0.25) is 0 Å². The van der Waals surface area contributed by atoms with Crippen molar-refractivity contribution in [2.75, 3.05) is 18.0 Å². The van der Waals surface area contributed by atoms with E-state index in [1.165, 1.54) is 12.8 Å². The molecule has 1 fully saturated rings. The second-order valence-electron chi connectivity index (χ2n) is 6.19. The summed E-state index contributed by atoms with van der Waals surface area (Å²) in [5.74, 6) is 1.62. The van der Waals surface area contributed by atoms with Crippen LogP contribution in [0.25, 0.3) is 5.65 Å². The van der Waals surface area contributed by atoms with Crippen LogP contribution in [0.3, 0.4) is 0 Å². The number of nitrogens with zero attached hydrogens (tertiary/aromatic N) is 5. The van der Waals surface area contributed by atoms with Gasteiger partial charge in [-0.3, -0.25) is 0 Å². The first kappa shape index (κ1) is 14.9. The first-order valence-corrected chi connectivity index (χ1v) is 8.37. The quantitative estimate of drug-likeness (QED) is 0.739. The molecule has 0 atom stereocenters. The Kier molecular flexibility index (Phi) is 3.80. The zero-order valence-corrected chi connectivity index (χ0v) is 14.1. The topological polar surface area (TPSA) is 55.5 Å². The minimum Gasteiger partial charge on any atom is -0.470 e. The van der Waals surface area contributed by atoms with Gasteiger partial charge < -0.3 is 9.64 Å². The monoisotopic (exact) mass is 323 g/mol. The van der Waals surface area contributed by atoms with Crippen molar-refractivity contribution in [1.82, 2.24) is 19.6 Å². The standard InChI is InChI=1S/C18H21N5O/c1-13-14(2)23-17(19-13)8-9-18(21-23)24-12-15-6-5-7-16(20-15)22-10-3-4-11-22/h5-9H,3-4,10-12H2,1-2H3. The summed E-state index contributed by atoms with van der Waals surface area (Å²) in [6, 6.07) is 9.88. The van der Waals surface area contributed by atoms with E-state index in [2.05, 4.69) is 21.0 Å². The molecule has 1 aliphatic rings. The molecule has 0 N–H and O–H groups in total. The minimum absolute atomic E-state index is 0.410. The van der Waals surface area contributed by atoms with Gasteiger partial charge in [0.1, 0.15) is 12.4 Å². The lowest BCUT2D eigenvalue weighted by atomic mass is 10.3. The predicted octanol–water partition coefficient (Wildman–Crippen LogP) is 2.92. The Morgan fingerprint density at radius 3 is 2.71 bits per heavy atom. The van der Waals surface area contributed by atoms with Gasteiger partial charge in [0.25, 0.3) is 0 Å². The summed E-state index contributed by atoms with van der Waals surface area (Å²) in [4.78, 5) is 11.5. The van der Waals surface area contributed by atoms with Crippen LogP contribution < -0.4 is 9.64 Å². The first-order chi connectivity index (χ1) is 11.7. The fourth-order valence-electron chi connectivity index (χ4n) is 3.03. The summed E-state index contributed by atoms with van der Waals surface area (Å²) < 4.78 is 7.66. The average Bonchev–Trinajstić information content (AvgIpc) is 3.23. The zero-order valence-electron chi connectivity index (χ0n) is 14.1. The van der Waals surface area contributed by atoms with Crippen LogP contribution in [0.1, 0.15) is 29.9 Å². The van der Waals surface area contributed by atoms with E-state index < -0.39 is 0 Å². The van der Waals surface area contributed by atoms with E-state index >= 15 is 0 Å². The van der Waals surface area contributed by atoms with Gasteiger partial charge in [0, 0.05) is 19.2 Å². The third-order valence-corrected chi connectivity index (χ3v) is 4.50. The van der Waals surface area contributed by atoms with E-state index in [0.29, 0.717) is 12.5 Å². The maximum absolute atomic E-state index is 5.84. The molecule has 1 aliphatic heterocycles. The van der Waals surface area contributed by atoms with Gasteiger partial charge in [0.05, 0.1) is 17.1 Å². The fraction of sp³-hybridized carbons (Fsp3) is 0.389. The maximum atomic E-state index is 5.84. The molecular formula is C18H21N5O. The van der Waals surface area contributed by atoms with Gasteiger partial charge in [-0.1, -0.05) is 6.07 Å². The Morgan fingerprint density at radius 2 is 1.88 bits per heavy atom. The van der Waals surface area contributed by atoms with Gasteiger partial charge in [-0.15, -0.1) is 5.10 Å². The Hall–Kier alpha value is -2.63. The van der Waals surface area contributed by atoms with E-state index in [1.807, 2.05) is 42.6 Å². The molecule has 24 heavy (non-hydrogen) atoms. The average molecular weight is 323 g/mol. The highest BCUT2D eigenvalue weighted by atomic mass is 16.5. The number of rotatable bonds is 4. The predicted molar refractivity (Wildman–Crippen MR) is 92.5 cm³/mol. The highest BCUT2D eigenvalue weighted by Crippen LogP contribution is 2.19. The molecule has 6 heteroatoms. The van der Waals surface area contributed by atoms with Crippen molar-refractivity contribution in [1.29, 1.82) is 0 Å². The van der Waals surface area contributed by atoms with Crippen LogP contribution in [-0.4, -0.2) is 32.7 Å². The number of aryl methyl sites for hydroxylation is 2. The first-order valence-electron chi connectivity index (χ1n) is 8.37. The molecule has 4 heterocycles. The summed E-state index contributed by atoms with van der Waals surface area (Å²) in [7, 11) is 0. The van der Waals surface area contributed by atoms with Crippen LogP contribution in [0.5, 0.6) is 5.88 Å². The van der Waals surface area contributed by atoms with Crippen molar-refractivity contribution in [2.45, 2.75) is 33.3 Å². The Bertz CT molecular complexity index is 867. The molecule has 0 aliphatic carbocycles. The Labute approximate surface area is 141 Å². The van der Waals surface area contributed by atoms with E-state index in [4.69, 9.17) is 9.72 Å². The highest BCUT2D eigenvalue weighted by Gasteiger charge is 2.14. The summed E-state index contributed by atoms with van der Waals surface area (Å²) in [6.07, 6.45) is 2.49. The van der Waals surface area contributed by atoms with Gasteiger partial charge in [0.2, 0.25) is 5.88 Å². The lowest BCUT2D eigenvalue weighted by molar-refractivity contribution is 0.284. The van der Waals surface area contributed by atoms with Gasteiger partial charge >= 0.3 is 0 Å². The molecular weight excluding hydrogens is 302 g/mol. The molecule has 0 bridgehead atoms. The maximum Gasteiger partial charge on any atom is 0.232 e. The van der Waals surface area contributed by atoms with Crippen molar-refractivity contribution >= 4 is 11.5 Å². The SMILES string of the molecule is Cc1nc2ccc(OCc3cccc(N4CCCC4)n3)nn2c1C. The normalized spacial score (nSPS) is 14.5. The molecule has 124 valence electrons. The van der Waals surface area contributed by atoms with Crippen LogP contribution in [0.15, 0.2) is 30.3 Å². The fourth-order valence-corrected chi connectivity index (χ4v) is 3.03. The summed E-state index contributed by atoms with van der Waals surface area (Å²) in [6.45, 7) is 6.59. The molecule has 0 spiro atoms. The van der Waals surface area contributed by atoms with E-state index in [-0.39, 0.29) is 0 Å². The van der Waals surface area contributed by atoms with Crippen LogP contribution in [0, 0.1) is 13.8 Å². The number of aromatic nitrogens is 4. The van der Waals surface area contributed by atoms with Crippen LogP contribution in [0.4, 0.5) is 5.82 Å². The number of hydrogen-bond donors (Lipinski definition) is 0. The Balaban J connectivity index is 1.50. The molecule has 0 unspecified atom stereocenters. The second-order valence-corrected chi connectivity index (χ2v) is 6.19. The van der Waals surface area contributed by atoms with Crippen LogP contribution >= 0.6 is 0 Å². The molecule has 3 aromatic heterocycles. The highest BCUT2D eigenvalue weighted by molar-refractivity contribution is 5.42. The van der Waals surface area contributed by atoms with Crippen molar-refractivity contribution in [3.05, 3.63) is 47.4 Å². The van der Waals surface area contributed by atoms with Crippen molar-refractivity contribution in [2.24, 2.45) is 0 Å². The molecule has 0 radical (unpaired) electrons. The van der Waals surface area contributed by atoms with Gasteiger partial charge in [-0.05, 0) is 44.9 Å². The molecule has 1 saturated heterocycles. The zero-order chi connectivity index (χ0) is 16.5. The number of anilines is 1. The lowest BCUT2D eigenvalue weighted by Crippen LogP contribution is -2.19. The number of ether oxygens (including phenoxy) is 1. The van der Waals surface area contributed by atoms with E-state index in [1.54, 1.807) is 0 Å². The molecule has 3 aromatic rings. The number of pyridine rings is 1. The van der Waals surface area contributed by atoms with Gasteiger partial charge in [-0.25, -0.2) is 14.5 Å². The van der Waals surface area contributed by atoms with Crippen molar-refractivity contribution in [3.63, 3.8) is 0 Å². The largest absolute Gasteiger partial charge is 0.470 e. The number of hydrogen-bond acceptors (Lipinski definition) is 5. The summed E-state index contributed by atoms with van der Waals surface area (Å²) in [5.41, 5.74) is 3.77. The van der Waals surface area contributed by atoms with Crippen LogP contribution in [-0.2, 0) is 6.61 Å². The van der Waals surface area contributed by atoms with Gasteiger partial charge in [-0.2, -0.15) is 0 Å². The minimum atomic E-state index is 0.410. The van der Waals surface area contributed by atoms with Crippen molar-refractivity contribution in [3.8, 4) is 5.88 Å². The molecule has 0 amide bonds. The molecule has 0 saturated carbocycles. The third-order valence-electron chi connectivity index (χ3n) is 4.50. The lowest BCUT2D eigenvalue weighted by Gasteiger charge is -2.16. The van der Waals surface area contributed by atoms with Gasteiger partial charge in [0.15, 0.2) is 5.65 Å². The number of fused-ring (bicyclic) bond motifs is 1. The summed E-state index contributed by atoms with van der Waals surface area (Å²) in [5, 5.41) is 4.50.